The molecule has 0 saturated carbocycles. The highest BCUT2D eigenvalue weighted by atomic mass is 16.5. The van der Waals surface area contributed by atoms with Crippen molar-refractivity contribution in [1.82, 2.24) is 5.32 Å². The van der Waals surface area contributed by atoms with Crippen LogP contribution in [0.15, 0.2) is 23.4 Å². The molecule has 1 aromatic rings. The maximum atomic E-state index is 8.72. The SMILES string of the molecule is COc1ccc(/C(N)=N/O)cc1CNCCCC(C)C. The van der Waals surface area contributed by atoms with E-state index in [-0.39, 0.29) is 5.84 Å². The zero-order valence-electron chi connectivity index (χ0n) is 12.5. The maximum absolute atomic E-state index is 8.72. The second-order valence-electron chi connectivity index (χ2n) is 5.22. The lowest BCUT2D eigenvalue weighted by atomic mass is 10.1. The molecule has 0 bridgehead atoms. The van der Waals surface area contributed by atoms with Crippen molar-refractivity contribution in [3.05, 3.63) is 29.3 Å². The van der Waals surface area contributed by atoms with Gasteiger partial charge in [0.25, 0.3) is 0 Å². The van der Waals surface area contributed by atoms with Gasteiger partial charge in [0.1, 0.15) is 5.75 Å². The average molecular weight is 279 g/mol. The molecule has 0 aliphatic heterocycles. The minimum absolute atomic E-state index is 0.105. The predicted octanol–water partition coefficient (Wildman–Crippen LogP) is 2.32. The molecule has 0 fully saturated rings. The van der Waals surface area contributed by atoms with E-state index in [1.165, 1.54) is 6.42 Å². The third-order valence-corrected chi connectivity index (χ3v) is 3.13. The molecule has 0 amide bonds. The third-order valence-electron chi connectivity index (χ3n) is 3.13. The Bertz CT molecular complexity index is 445. The number of benzene rings is 1. The lowest BCUT2D eigenvalue weighted by Gasteiger charge is -2.12. The van der Waals surface area contributed by atoms with Gasteiger partial charge in [0, 0.05) is 17.7 Å². The molecule has 0 radical (unpaired) electrons. The minimum atomic E-state index is 0.105. The molecule has 0 heterocycles. The van der Waals surface area contributed by atoms with Crippen LogP contribution in [0.3, 0.4) is 0 Å². The zero-order chi connectivity index (χ0) is 15.0. The molecule has 5 nitrogen and oxygen atoms in total. The lowest BCUT2D eigenvalue weighted by Crippen LogP contribution is -2.17. The molecule has 0 aromatic heterocycles. The van der Waals surface area contributed by atoms with Crippen molar-refractivity contribution in [3.63, 3.8) is 0 Å². The molecule has 0 atom stereocenters. The maximum Gasteiger partial charge on any atom is 0.170 e. The fourth-order valence-electron chi connectivity index (χ4n) is 1.99. The Morgan fingerprint density at radius 3 is 2.80 bits per heavy atom. The number of hydrogen-bond acceptors (Lipinski definition) is 4. The monoisotopic (exact) mass is 279 g/mol. The molecule has 112 valence electrons. The van der Waals surface area contributed by atoms with Crippen LogP contribution in [0, 0.1) is 5.92 Å². The quantitative estimate of drug-likeness (QED) is 0.224. The van der Waals surface area contributed by atoms with Crippen LogP contribution in [-0.2, 0) is 6.54 Å². The molecule has 0 aliphatic carbocycles. The van der Waals surface area contributed by atoms with Crippen molar-refractivity contribution in [2.45, 2.75) is 33.2 Å². The number of hydrogen-bond donors (Lipinski definition) is 3. The van der Waals surface area contributed by atoms with Crippen molar-refractivity contribution in [1.29, 1.82) is 0 Å². The van der Waals surface area contributed by atoms with Gasteiger partial charge < -0.3 is 21.0 Å². The van der Waals surface area contributed by atoms with Crippen LogP contribution in [0.5, 0.6) is 5.75 Å². The molecule has 4 N–H and O–H groups in total. The number of rotatable bonds is 8. The van der Waals surface area contributed by atoms with E-state index in [9.17, 15) is 0 Å². The number of methoxy groups -OCH3 is 1. The second kappa shape index (κ2) is 8.43. The normalized spacial score (nSPS) is 11.9. The summed E-state index contributed by atoms with van der Waals surface area (Å²) in [4.78, 5) is 0. The number of nitrogens with two attached hydrogens (primary N) is 1. The number of ether oxygens (including phenoxy) is 1. The van der Waals surface area contributed by atoms with E-state index in [1.807, 2.05) is 12.1 Å². The van der Waals surface area contributed by atoms with Gasteiger partial charge in [-0.3, -0.25) is 0 Å². The highest BCUT2D eigenvalue weighted by Gasteiger charge is 2.07. The number of nitrogens with zero attached hydrogens (tertiary/aromatic N) is 1. The summed E-state index contributed by atoms with van der Waals surface area (Å²) in [5, 5.41) is 15.1. The van der Waals surface area contributed by atoms with Crippen LogP contribution in [0.2, 0.25) is 0 Å². The average Bonchev–Trinajstić information content (AvgIpc) is 2.45. The molecular formula is C15H25N3O2. The Labute approximate surface area is 120 Å². The summed E-state index contributed by atoms with van der Waals surface area (Å²) in [7, 11) is 1.64. The standard InChI is InChI=1S/C15H25N3O2/c1-11(2)5-4-8-17-10-13-9-12(15(16)18-19)6-7-14(13)20-3/h6-7,9,11,17,19H,4-5,8,10H2,1-3H3,(H2,16,18). The smallest absolute Gasteiger partial charge is 0.170 e. The van der Waals surface area contributed by atoms with Crippen molar-refractivity contribution >= 4 is 5.84 Å². The largest absolute Gasteiger partial charge is 0.496 e. The fourth-order valence-corrected chi connectivity index (χ4v) is 1.99. The van der Waals surface area contributed by atoms with Crippen LogP contribution in [0.25, 0.3) is 0 Å². The van der Waals surface area contributed by atoms with Crippen LogP contribution in [0.1, 0.15) is 37.8 Å². The number of nitrogens with one attached hydrogen (secondary N) is 1. The first-order chi connectivity index (χ1) is 9.58. The van der Waals surface area contributed by atoms with Gasteiger partial charge in [-0.25, -0.2) is 0 Å². The van der Waals surface area contributed by atoms with Crippen LogP contribution < -0.4 is 15.8 Å². The van der Waals surface area contributed by atoms with Gasteiger partial charge in [0.2, 0.25) is 0 Å². The first kappa shape index (κ1) is 16.3. The van der Waals surface area contributed by atoms with E-state index < -0.39 is 0 Å². The van der Waals surface area contributed by atoms with E-state index in [2.05, 4.69) is 24.3 Å². The summed E-state index contributed by atoms with van der Waals surface area (Å²) in [5.74, 6) is 1.64. The Hall–Kier alpha value is -1.75. The first-order valence-corrected chi connectivity index (χ1v) is 6.94. The van der Waals surface area contributed by atoms with Crippen molar-refractivity contribution in [3.8, 4) is 5.75 Å². The highest BCUT2D eigenvalue weighted by molar-refractivity contribution is 5.97. The Kier molecular flexibility index (Phi) is 6.87. The van der Waals surface area contributed by atoms with Gasteiger partial charge in [-0.05, 0) is 43.5 Å². The van der Waals surface area contributed by atoms with Crippen LogP contribution in [0.4, 0.5) is 0 Å². The van der Waals surface area contributed by atoms with Gasteiger partial charge in [-0.2, -0.15) is 0 Å². The molecule has 0 saturated heterocycles. The molecule has 1 rings (SSSR count). The van der Waals surface area contributed by atoms with Gasteiger partial charge in [0.15, 0.2) is 5.84 Å². The van der Waals surface area contributed by atoms with Crippen molar-refractivity contribution in [2.75, 3.05) is 13.7 Å². The summed E-state index contributed by atoms with van der Waals surface area (Å²) in [5.41, 5.74) is 7.29. The summed E-state index contributed by atoms with van der Waals surface area (Å²) >= 11 is 0. The minimum Gasteiger partial charge on any atom is -0.496 e. The molecule has 0 spiro atoms. The molecular weight excluding hydrogens is 254 g/mol. The summed E-state index contributed by atoms with van der Waals surface area (Å²) in [6, 6.07) is 5.48. The van der Waals surface area contributed by atoms with E-state index in [0.717, 1.165) is 30.2 Å². The fraction of sp³-hybridized carbons (Fsp3) is 0.533. The summed E-state index contributed by atoms with van der Waals surface area (Å²) in [6.07, 6.45) is 2.37. The van der Waals surface area contributed by atoms with Crippen molar-refractivity contribution < 1.29 is 9.94 Å². The summed E-state index contributed by atoms with van der Waals surface area (Å²) in [6.45, 7) is 6.12. The van der Waals surface area contributed by atoms with Gasteiger partial charge in [-0.1, -0.05) is 19.0 Å². The second-order valence-corrected chi connectivity index (χ2v) is 5.22. The molecule has 0 aliphatic rings. The highest BCUT2D eigenvalue weighted by Crippen LogP contribution is 2.19. The molecule has 5 heteroatoms. The molecule has 1 aromatic carbocycles. The predicted molar refractivity (Wildman–Crippen MR) is 81.3 cm³/mol. The van der Waals surface area contributed by atoms with Gasteiger partial charge >= 0.3 is 0 Å². The first-order valence-electron chi connectivity index (χ1n) is 6.94. The third kappa shape index (κ3) is 5.09. The van der Waals surface area contributed by atoms with Gasteiger partial charge in [0.05, 0.1) is 7.11 Å². The topological polar surface area (TPSA) is 79.9 Å². The van der Waals surface area contributed by atoms with Crippen LogP contribution in [-0.4, -0.2) is 24.7 Å². The lowest BCUT2D eigenvalue weighted by molar-refractivity contribution is 0.318. The Morgan fingerprint density at radius 1 is 1.45 bits per heavy atom. The Morgan fingerprint density at radius 2 is 2.20 bits per heavy atom. The number of oxime groups is 1. The zero-order valence-corrected chi connectivity index (χ0v) is 12.5. The number of amidine groups is 1. The van der Waals surface area contributed by atoms with Crippen molar-refractivity contribution in [2.24, 2.45) is 16.8 Å². The van der Waals surface area contributed by atoms with E-state index in [0.29, 0.717) is 12.1 Å². The Balaban J connectivity index is 2.62. The van der Waals surface area contributed by atoms with E-state index >= 15 is 0 Å². The van der Waals surface area contributed by atoms with Crippen LogP contribution >= 0.6 is 0 Å². The molecule has 0 unspecified atom stereocenters. The van der Waals surface area contributed by atoms with E-state index in [1.54, 1.807) is 13.2 Å². The van der Waals surface area contributed by atoms with Gasteiger partial charge in [-0.15, -0.1) is 0 Å². The summed E-state index contributed by atoms with van der Waals surface area (Å²) < 4.78 is 5.33. The molecule has 20 heavy (non-hydrogen) atoms. The van der Waals surface area contributed by atoms with E-state index in [4.69, 9.17) is 15.7 Å².